The number of para-hydroxylation sites is 1. The van der Waals surface area contributed by atoms with Crippen LogP contribution < -0.4 is 10.1 Å². The topological polar surface area (TPSA) is 51.2 Å². The molecule has 6 heteroatoms. The summed E-state index contributed by atoms with van der Waals surface area (Å²) in [6.45, 7) is 0.155. The van der Waals surface area contributed by atoms with Gasteiger partial charge >= 0.3 is 0 Å². The zero-order valence-electron chi connectivity index (χ0n) is 10.6. The standard InChI is InChI=1S/C14H13FN2O2S/c15-10-3-1-2-4-12(10)19-7-13-17-11(8-20-13)14(18)16-9-5-6-9/h1-4,8-9H,5-7H2,(H,16,18). The molecule has 0 spiro atoms. The fraction of sp³-hybridized carbons (Fsp3) is 0.286. The molecule has 3 rings (SSSR count). The molecule has 0 radical (unpaired) electrons. The number of carbonyl (C=O) groups excluding carboxylic acids is 1. The molecule has 104 valence electrons. The molecular formula is C14H13FN2O2S. The van der Waals surface area contributed by atoms with E-state index in [9.17, 15) is 9.18 Å². The number of carbonyl (C=O) groups is 1. The zero-order valence-corrected chi connectivity index (χ0v) is 11.5. The number of aromatic nitrogens is 1. The van der Waals surface area contributed by atoms with Crippen molar-refractivity contribution < 1.29 is 13.9 Å². The highest BCUT2D eigenvalue weighted by Crippen LogP contribution is 2.21. The van der Waals surface area contributed by atoms with Crippen molar-refractivity contribution in [2.45, 2.75) is 25.5 Å². The van der Waals surface area contributed by atoms with Crippen LogP contribution in [0.1, 0.15) is 28.3 Å². The first-order valence-electron chi connectivity index (χ1n) is 6.35. The highest BCUT2D eigenvalue weighted by Gasteiger charge is 2.24. The summed E-state index contributed by atoms with van der Waals surface area (Å²) in [6, 6.07) is 6.51. The van der Waals surface area contributed by atoms with Gasteiger partial charge in [-0.3, -0.25) is 4.79 Å². The molecular weight excluding hydrogens is 279 g/mol. The molecule has 1 heterocycles. The van der Waals surface area contributed by atoms with Crippen LogP contribution in [0.4, 0.5) is 4.39 Å². The van der Waals surface area contributed by atoms with Crippen LogP contribution in [0.5, 0.6) is 5.75 Å². The first-order chi connectivity index (χ1) is 9.72. The van der Waals surface area contributed by atoms with E-state index in [2.05, 4.69) is 10.3 Å². The maximum absolute atomic E-state index is 13.4. The quantitative estimate of drug-likeness (QED) is 0.922. The molecule has 1 aliphatic rings. The molecule has 1 amide bonds. The molecule has 1 N–H and O–H groups in total. The van der Waals surface area contributed by atoms with Crippen LogP contribution >= 0.6 is 11.3 Å². The van der Waals surface area contributed by atoms with Gasteiger partial charge in [0.15, 0.2) is 11.6 Å². The Labute approximate surface area is 119 Å². The van der Waals surface area contributed by atoms with Gasteiger partial charge < -0.3 is 10.1 Å². The van der Waals surface area contributed by atoms with E-state index in [0.29, 0.717) is 16.7 Å². The Bertz CT molecular complexity index is 625. The lowest BCUT2D eigenvalue weighted by Gasteiger charge is -2.04. The number of hydrogen-bond donors (Lipinski definition) is 1. The lowest BCUT2D eigenvalue weighted by Crippen LogP contribution is -2.25. The minimum atomic E-state index is -0.407. The number of amides is 1. The summed E-state index contributed by atoms with van der Waals surface area (Å²) in [7, 11) is 0. The largest absolute Gasteiger partial charge is 0.483 e. The van der Waals surface area contributed by atoms with Crippen molar-refractivity contribution in [2.75, 3.05) is 0 Å². The van der Waals surface area contributed by atoms with Gasteiger partial charge in [-0.25, -0.2) is 9.37 Å². The van der Waals surface area contributed by atoms with Crippen molar-refractivity contribution in [3.05, 3.63) is 46.2 Å². The van der Waals surface area contributed by atoms with E-state index >= 15 is 0 Å². The fourth-order valence-electron chi connectivity index (χ4n) is 1.67. The molecule has 0 bridgehead atoms. The number of rotatable bonds is 5. The van der Waals surface area contributed by atoms with Crippen LogP contribution in [0.25, 0.3) is 0 Å². The SMILES string of the molecule is O=C(NC1CC1)c1csc(COc2ccccc2F)n1. The summed E-state index contributed by atoms with van der Waals surface area (Å²) < 4.78 is 18.7. The molecule has 1 fully saturated rings. The molecule has 1 saturated carbocycles. The van der Waals surface area contributed by atoms with E-state index < -0.39 is 5.82 Å². The Morgan fingerprint density at radius 2 is 2.25 bits per heavy atom. The van der Waals surface area contributed by atoms with Gasteiger partial charge in [0.2, 0.25) is 0 Å². The van der Waals surface area contributed by atoms with Crippen LogP contribution in [0.15, 0.2) is 29.6 Å². The Hall–Kier alpha value is -1.95. The molecule has 1 aromatic carbocycles. The maximum Gasteiger partial charge on any atom is 0.270 e. The average molecular weight is 292 g/mol. The summed E-state index contributed by atoms with van der Waals surface area (Å²) in [5.41, 5.74) is 0.397. The van der Waals surface area contributed by atoms with Gasteiger partial charge in [0.05, 0.1) is 0 Å². The van der Waals surface area contributed by atoms with Crippen molar-refractivity contribution >= 4 is 17.2 Å². The van der Waals surface area contributed by atoms with Crippen molar-refractivity contribution in [1.82, 2.24) is 10.3 Å². The predicted molar refractivity (Wildman–Crippen MR) is 73.3 cm³/mol. The van der Waals surface area contributed by atoms with Crippen LogP contribution in [-0.2, 0) is 6.61 Å². The van der Waals surface area contributed by atoms with Crippen LogP contribution in [0, 0.1) is 5.82 Å². The van der Waals surface area contributed by atoms with Gasteiger partial charge in [0.1, 0.15) is 17.3 Å². The summed E-state index contributed by atoms with van der Waals surface area (Å²) in [6.07, 6.45) is 2.08. The van der Waals surface area contributed by atoms with E-state index in [1.54, 1.807) is 23.6 Å². The second-order valence-electron chi connectivity index (χ2n) is 4.59. The molecule has 0 saturated heterocycles. The van der Waals surface area contributed by atoms with E-state index in [1.807, 2.05) is 0 Å². The Kier molecular flexibility index (Phi) is 3.64. The Balaban J connectivity index is 1.59. The van der Waals surface area contributed by atoms with Crippen LogP contribution in [0.3, 0.4) is 0 Å². The molecule has 0 atom stereocenters. The number of nitrogens with zero attached hydrogens (tertiary/aromatic N) is 1. The highest BCUT2D eigenvalue weighted by atomic mass is 32.1. The third-order valence-corrected chi connectivity index (χ3v) is 3.71. The van der Waals surface area contributed by atoms with Gasteiger partial charge in [-0.05, 0) is 25.0 Å². The zero-order chi connectivity index (χ0) is 13.9. The van der Waals surface area contributed by atoms with Crippen LogP contribution in [-0.4, -0.2) is 16.9 Å². The fourth-order valence-corrected chi connectivity index (χ4v) is 2.36. The summed E-state index contributed by atoms with van der Waals surface area (Å²) in [5, 5.41) is 5.21. The molecule has 20 heavy (non-hydrogen) atoms. The minimum Gasteiger partial charge on any atom is -0.483 e. The second kappa shape index (κ2) is 5.58. The predicted octanol–water partition coefficient (Wildman–Crippen LogP) is 2.75. The summed E-state index contributed by atoms with van der Waals surface area (Å²) in [4.78, 5) is 16.0. The second-order valence-corrected chi connectivity index (χ2v) is 5.54. The first kappa shape index (κ1) is 13.1. The molecule has 1 aromatic heterocycles. The molecule has 0 unspecified atom stereocenters. The summed E-state index contributed by atoms with van der Waals surface area (Å²) in [5.74, 6) is -0.372. The monoisotopic (exact) mass is 292 g/mol. The van der Waals surface area contributed by atoms with Gasteiger partial charge in [0.25, 0.3) is 5.91 Å². The van der Waals surface area contributed by atoms with Crippen molar-refractivity contribution in [3.63, 3.8) is 0 Å². The van der Waals surface area contributed by atoms with Crippen molar-refractivity contribution in [2.24, 2.45) is 0 Å². The van der Waals surface area contributed by atoms with E-state index in [-0.39, 0.29) is 18.3 Å². The smallest absolute Gasteiger partial charge is 0.270 e. The van der Waals surface area contributed by atoms with E-state index in [0.717, 1.165) is 12.8 Å². The van der Waals surface area contributed by atoms with Crippen LogP contribution in [0.2, 0.25) is 0 Å². The molecule has 1 aliphatic carbocycles. The summed E-state index contributed by atoms with van der Waals surface area (Å²) >= 11 is 1.33. The van der Waals surface area contributed by atoms with E-state index in [4.69, 9.17) is 4.74 Å². The van der Waals surface area contributed by atoms with Gasteiger partial charge in [-0.1, -0.05) is 12.1 Å². The molecule has 2 aromatic rings. The van der Waals surface area contributed by atoms with Crippen molar-refractivity contribution in [1.29, 1.82) is 0 Å². The van der Waals surface area contributed by atoms with Gasteiger partial charge in [0, 0.05) is 11.4 Å². The normalized spacial score (nSPS) is 14.1. The third kappa shape index (κ3) is 3.14. The number of ether oxygens (including phenoxy) is 1. The van der Waals surface area contributed by atoms with E-state index in [1.165, 1.54) is 17.4 Å². The number of halogens is 1. The third-order valence-electron chi connectivity index (χ3n) is 2.88. The van der Waals surface area contributed by atoms with Gasteiger partial charge in [-0.2, -0.15) is 0 Å². The van der Waals surface area contributed by atoms with Gasteiger partial charge in [-0.15, -0.1) is 11.3 Å². The highest BCUT2D eigenvalue weighted by molar-refractivity contribution is 7.09. The maximum atomic E-state index is 13.4. The lowest BCUT2D eigenvalue weighted by molar-refractivity contribution is 0.0946. The number of hydrogen-bond acceptors (Lipinski definition) is 4. The van der Waals surface area contributed by atoms with Crippen molar-refractivity contribution in [3.8, 4) is 5.75 Å². The number of nitrogens with one attached hydrogen (secondary N) is 1. The minimum absolute atomic E-state index is 0.152. The lowest BCUT2D eigenvalue weighted by atomic mass is 10.3. The first-order valence-corrected chi connectivity index (χ1v) is 7.23. The average Bonchev–Trinajstić information content (AvgIpc) is 3.13. The Morgan fingerprint density at radius 3 is 3.00 bits per heavy atom. The Morgan fingerprint density at radius 1 is 1.45 bits per heavy atom. The molecule has 4 nitrogen and oxygen atoms in total. The number of thiazole rings is 1. The number of benzene rings is 1. The molecule has 0 aliphatic heterocycles.